The summed E-state index contributed by atoms with van der Waals surface area (Å²) in [5.41, 5.74) is 0. The molecule has 0 aromatic carbocycles. The van der Waals surface area contributed by atoms with Crippen molar-refractivity contribution in [1.29, 1.82) is 0 Å². The lowest BCUT2D eigenvalue weighted by molar-refractivity contribution is 0.0155. The van der Waals surface area contributed by atoms with E-state index in [2.05, 4.69) is 19.1 Å². The van der Waals surface area contributed by atoms with Crippen LogP contribution in [0.4, 0.5) is 0 Å². The predicted octanol–water partition coefficient (Wildman–Crippen LogP) is 0.756. The second-order valence-corrected chi connectivity index (χ2v) is 8.78. The summed E-state index contributed by atoms with van der Waals surface area (Å²) >= 11 is 0. The van der Waals surface area contributed by atoms with E-state index >= 15 is 0 Å². The molecule has 4 N–H and O–H groups in total. The lowest BCUT2D eigenvalue weighted by Crippen LogP contribution is -2.15. The number of ether oxygens (including phenoxy) is 1. The first-order valence-electron chi connectivity index (χ1n) is 5.73. The molecule has 0 saturated carbocycles. The minimum absolute atomic E-state index is 0.213. The van der Waals surface area contributed by atoms with Gasteiger partial charge < -0.3 is 24.3 Å². The molecule has 0 bridgehead atoms. The molecule has 0 aromatic heterocycles. The second-order valence-electron chi connectivity index (χ2n) is 4.36. The zero-order valence-electron chi connectivity index (χ0n) is 11.2. The third-order valence-corrected chi connectivity index (χ3v) is 6.35. The van der Waals surface area contributed by atoms with Crippen LogP contribution < -0.4 is 0 Å². The largest absolute Gasteiger partial charge is 0.490 e. The van der Waals surface area contributed by atoms with E-state index in [1.165, 1.54) is 0 Å². The smallest absolute Gasteiger partial charge is 0.372 e. The van der Waals surface area contributed by atoms with Crippen molar-refractivity contribution in [2.75, 3.05) is 6.61 Å². The zero-order chi connectivity index (χ0) is 17.2. The topological polar surface area (TPSA) is 169 Å². The Hall–Kier alpha value is -0.0700. The van der Waals surface area contributed by atoms with Crippen molar-refractivity contribution in [3.8, 4) is 12.3 Å². The molecule has 0 aromatic rings. The Morgan fingerprint density at radius 3 is 2.23 bits per heavy atom. The number of hydrogen-bond donors (Lipinski definition) is 4. The molecule has 11 nitrogen and oxygen atoms in total. The Labute approximate surface area is 126 Å². The molecular formula is C8H15O11P3. The third kappa shape index (κ3) is 7.01. The Kier molecular flexibility index (Phi) is 6.56. The van der Waals surface area contributed by atoms with Crippen LogP contribution in [0.1, 0.15) is 13.3 Å². The van der Waals surface area contributed by atoms with Gasteiger partial charge in [0, 0.05) is 5.92 Å². The lowest BCUT2D eigenvalue weighted by atomic mass is 10.0. The van der Waals surface area contributed by atoms with Crippen molar-refractivity contribution in [2.24, 2.45) is 5.92 Å². The number of terminal acetylenes is 1. The average molecular weight is 380 g/mol. The summed E-state index contributed by atoms with van der Waals surface area (Å²) in [5.74, 6) is 2.26. The van der Waals surface area contributed by atoms with Gasteiger partial charge in [-0.15, -0.1) is 12.3 Å². The maximum absolute atomic E-state index is 11.5. The first kappa shape index (κ1) is 20.0. The summed E-state index contributed by atoms with van der Waals surface area (Å²) in [6.45, 7) is 1.22. The van der Waals surface area contributed by atoms with E-state index in [9.17, 15) is 18.6 Å². The summed E-state index contributed by atoms with van der Waals surface area (Å²) < 4.78 is 49.9. The van der Waals surface area contributed by atoms with E-state index in [1.807, 2.05) is 0 Å². The van der Waals surface area contributed by atoms with E-state index < -0.39 is 36.2 Å². The van der Waals surface area contributed by atoms with Crippen LogP contribution in [0.3, 0.4) is 0 Å². The number of hydrogen-bond acceptors (Lipinski definition) is 7. The average Bonchev–Trinajstić information content (AvgIpc) is 2.62. The van der Waals surface area contributed by atoms with Gasteiger partial charge in [0.15, 0.2) is 0 Å². The Morgan fingerprint density at radius 2 is 1.77 bits per heavy atom. The molecule has 1 fully saturated rings. The van der Waals surface area contributed by atoms with E-state index in [0.29, 0.717) is 6.42 Å². The standard InChI is InChI=1S/C8H15O11P3/c1-3-7-4-8(17-6(7)2)5-16-21(12,13)19-22(14,15)18-20(9,10)11/h1,6-8H,4-5H2,2H3,(H,12,13)(H,14,15)(H2,9,10,11)/t6-,7?,8-/m0/s1. The molecule has 22 heavy (non-hydrogen) atoms. The molecule has 1 heterocycles. The number of rotatable bonds is 7. The van der Waals surface area contributed by atoms with Crippen LogP contribution in [0, 0.1) is 18.3 Å². The van der Waals surface area contributed by atoms with E-state index in [4.69, 9.17) is 25.8 Å². The van der Waals surface area contributed by atoms with Gasteiger partial charge in [-0.3, -0.25) is 4.52 Å². The highest BCUT2D eigenvalue weighted by Crippen LogP contribution is 2.66. The number of phosphoric ester groups is 1. The molecule has 5 atom stereocenters. The summed E-state index contributed by atoms with van der Waals surface area (Å²) in [6, 6.07) is 0. The second kappa shape index (κ2) is 7.22. The lowest BCUT2D eigenvalue weighted by Gasteiger charge is -2.17. The fourth-order valence-electron chi connectivity index (χ4n) is 1.72. The quantitative estimate of drug-likeness (QED) is 0.363. The minimum atomic E-state index is -5.50. The van der Waals surface area contributed by atoms with Gasteiger partial charge in [-0.25, -0.2) is 13.7 Å². The first-order chi connectivity index (χ1) is 9.84. The SMILES string of the molecule is C#CC1C[C@@H](COP(=O)(O)OP(=O)(O)OP(=O)(O)O)O[C@H]1C. The summed E-state index contributed by atoms with van der Waals surface area (Å²) in [5, 5.41) is 0. The maximum atomic E-state index is 11.5. The van der Waals surface area contributed by atoms with Gasteiger partial charge in [0.25, 0.3) is 0 Å². The summed E-state index contributed by atoms with van der Waals surface area (Å²) in [6.07, 6.45) is 4.66. The van der Waals surface area contributed by atoms with Crippen LogP contribution in [0.2, 0.25) is 0 Å². The van der Waals surface area contributed by atoms with Crippen LogP contribution in [-0.4, -0.2) is 38.4 Å². The van der Waals surface area contributed by atoms with Gasteiger partial charge in [-0.05, 0) is 13.3 Å². The van der Waals surface area contributed by atoms with Crippen molar-refractivity contribution in [2.45, 2.75) is 25.6 Å². The summed E-state index contributed by atoms with van der Waals surface area (Å²) in [7, 11) is -16.0. The molecule has 1 aliphatic heterocycles. The predicted molar refractivity (Wildman–Crippen MR) is 71.1 cm³/mol. The van der Waals surface area contributed by atoms with Crippen molar-refractivity contribution < 1.29 is 51.2 Å². The monoisotopic (exact) mass is 380 g/mol. The van der Waals surface area contributed by atoms with Crippen LogP contribution in [0.5, 0.6) is 0 Å². The van der Waals surface area contributed by atoms with Gasteiger partial charge in [0.05, 0.1) is 18.8 Å². The molecule has 1 aliphatic rings. The molecule has 0 radical (unpaired) electrons. The maximum Gasteiger partial charge on any atom is 0.490 e. The van der Waals surface area contributed by atoms with Gasteiger partial charge in [-0.2, -0.15) is 8.62 Å². The van der Waals surface area contributed by atoms with Crippen LogP contribution in [0.25, 0.3) is 0 Å². The first-order valence-corrected chi connectivity index (χ1v) is 10.3. The van der Waals surface area contributed by atoms with Crippen LogP contribution >= 0.6 is 23.5 Å². The fourth-order valence-corrected chi connectivity index (χ4v) is 4.77. The van der Waals surface area contributed by atoms with Gasteiger partial charge in [0.1, 0.15) is 0 Å². The molecule has 0 spiro atoms. The molecule has 14 heteroatoms. The molecule has 1 rings (SSSR count). The van der Waals surface area contributed by atoms with E-state index in [0.717, 1.165) is 0 Å². The van der Waals surface area contributed by atoms with Crippen molar-refractivity contribution in [1.82, 2.24) is 0 Å². The van der Waals surface area contributed by atoms with Crippen LogP contribution in [0.15, 0.2) is 0 Å². The van der Waals surface area contributed by atoms with Gasteiger partial charge in [-0.1, -0.05) is 0 Å². The Morgan fingerprint density at radius 1 is 1.18 bits per heavy atom. The molecule has 3 unspecified atom stereocenters. The molecule has 1 saturated heterocycles. The zero-order valence-corrected chi connectivity index (χ0v) is 13.9. The molecule has 128 valence electrons. The highest BCUT2D eigenvalue weighted by atomic mass is 31.3. The molecular weight excluding hydrogens is 365 g/mol. The Balaban J connectivity index is 2.55. The van der Waals surface area contributed by atoms with E-state index in [1.54, 1.807) is 6.92 Å². The highest BCUT2D eigenvalue weighted by molar-refractivity contribution is 7.66. The van der Waals surface area contributed by atoms with Crippen LogP contribution in [-0.2, 0) is 31.6 Å². The highest BCUT2D eigenvalue weighted by Gasteiger charge is 2.41. The van der Waals surface area contributed by atoms with E-state index in [-0.39, 0.29) is 12.0 Å². The third-order valence-electron chi connectivity index (χ3n) is 2.54. The molecule has 0 aliphatic carbocycles. The summed E-state index contributed by atoms with van der Waals surface area (Å²) in [4.78, 5) is 34.9. The van der Waals surface area contributed by atoms with Gasteiger partial charge >= 0.3 is 23.5 Å². The fraction of sp³-hybridized carbons (Fsp3) is 0.750. The van der Waals surface area contributed by atoms with Crippen molar-refractivity contribution in [3.05, 3.63) is 0 Å². The minimum Gasteiger partial charge on any atom is -0.372 e. The molecule has 0 amide bonds. The Bertz CT molecular complexity index is 576. The van der Waals surface area contributed by atoms with Gasteiger partial charge in [0.2, 0.25) is 0 Å². The van der Waals surface area contributed by atoms with Crippen molar-refractivity contribution in [3.63, 3.8) is 0 Å². The normalized spacial score (nSPS) is 31.2. The van der Waals surface area contributed by atoms with Crippen molar-refractivity contribution >= 4 is 23.5 Å². The number of phosphoric acid groups is 3.